The van der Waals surface area contributed by atoms with Gasteiger partial charge in [-0.1, -0.05) is 31.5 Å². The minimum Gasteiger partial charge on any atom is -0.494 e. The number of benzene rings is 2. The standard InChI is InChI=1S/C29H38N2O4/c1-3-4-17-35-29-23(2)28(30-27-13-6-5-12-26(27)29)22-33-16-7-8-18-34-25-11-9-10-24(21-25)31-14-19-32-20-15-31/h5-6,9-13,21H,3-4,7-8,14-20,22H2,1-2H3. The van der Waals surface area contributed by atoms with Crippen molar-refractivity contribution < 1.29 is 18.9 Å². The minimum absolute atomic E-state index is 0.489. The fourth-order valence-corrected chi connectivity index (χ4v) is 4.23. The summed E-state index contributed by atoms with van der Waals surface area (Å²) in [6, 6.07) is 16.5. The van der Waals surface area contributed by atoms with E-state index in [9.17, 15) is 0 Å². The lowest BCUT2D eigenvalue weighted by Gasteiger charge is -2.29. The first kappa shape index (κ1) is 25.3. The Morgan fingerprint density at radius 2 is 1.71 bits per heavy atom. The third kappa shape index (κ3) is 7.09. The number of ether oxygens (including phenoxy) is 4. The molecule has 2 aromatic carbocycles. The molecule has 0 saturated carbocycles. The Bertz CT molecular complexity index is 1070. The van der Waals surface area contributed by atoms with E-state index in [0.29, 0.717) is 19.8 Å². The largest absolute Gasteiger partial charge is 0.494 e. The summed E-state index contributed by atoms with van der Waals surface area (Å²) < 4.78 is 23.6. The van der Waals surface area contributed by atoms with E-state index in [2.05, 4.69) is 43.0 Å². The molecule has 1 aliphatic heterocycles. The Morgan fingerprint density at radius 3 is 2.57 bits per heavy atom. The van der Waals surface area contributed by atoms with Crippen molar-refractivity contribution in [2.75, 3.05) is 51.0 Å². The van der Waals surface area contributed by atoms with Gasteiger partial charge < -0.3 is 23.8 Å². The highest BCUT2D eigenvalue weighted by molar-refractivity contribution is 5.86. The number of morpholine rings is 1. The summed E-state index contributed by atoms with van der Waals surface area (Å²) in [6.07, 6.45) is 4.04. The summed E-state index contributed by atoms with van der Waals surface area (Å²) in [5.41, 5.74) is 4.18. The Balaban J connectivity index is 1.22. The highest BCUT2D eigenvalue weighted by atomic mass is 16.5. The number of rotatable bonds is 13. The molecule has 1 aromatic heterocycles. The predicted molar refractivity (Wildman–Crippen MR) is 141 cm³/mol. The highest BCUT2D eigenvalue weighted by Gasteiger charge is 2.14. The van der Waals surface area contributed by atoms with E-state index in [1.807, 2.05) is 24.3 Å². The number of hydrogen-bond donors (Lipinski definition) is 0. The maximum Gasteiger partial charge on any atom is 0.133 e. The van der Waals surface area contributed by atoms with Crippen LogP contribution in [-0.2, 0) is 16.1 Å². The second-order valence-electron chi connectivity index (χ2n) is 8.94. The summed E-state index contributed by atoms with van der Waals surface area (Å²) in [7, 11) is 0. The molecular weight excluding hydrogens is 440 g/mol. The number of aromatic nitrogens is 1. The number of hydrogen-bond acceptors (Lipinski definition) is 6. The molecule has 1 saturated heterocycles. The van der Waals surface area contributed by atoms with Gasteiger partial charge in [0.25, 0.3) is 0 Å². The van der Waals surface area contributed by atoms with Crippen molar-refractivity contribution in [3.8, 4) is 11.5 Å². The van der Waals surface area contributed by atoms with Gasteiger partial charge in [-0.2, -0.15) is 0 Å². The molecule has 0 amide bonds. The summed E-state index contributed by atoms with van der Waals surface area (Å²) >= 11 is 0. The third-order valence-electron chi connectivity index (χ3n) is 6.31. The number of pyridine rings is 1. The maximum atomic E-state index is 6.16. The first-order valence-electron chi connectivity index (χ1n) is 12.9. The van der Waals surface area contributed by atoms with Crippen LogP contribution in [-0.4, -0.2) is 51.1 Å². The van der Waals surface area contributed by atoms with Crippen molar-refractivity contribution in [2.24, 2.45) is 0 Å². The molecule has 35 heavy (non-hydrogen) atoms. The van der Waals surface area contributed by atoms with Crippen molar-refractivity contribution in [2.45, 2.75) is 46.1 Å². The molecule has 0 spiro atoms. The molecular formula is C29H38N2O4. The van der Waals surface area contributed by atoms with Gasteiger partial charge in [-0.3, -0.25) is 0 Å². The normalized spacial score (nSPS) is 13.8. The van der Waals surface area contributed by atoms with Gasteiger partial charge in [-0.25, -0.2) is 4.98 Å². The van der Waals surface area contributed by atoms with Crippen LogP contribution in [0.15, 0.2) is 48.5 Å². The monoisotopic (exact) mass is 478 g/mol. The summed E-state index contributed by atoms with van der Waals surface area (Å²) in [5.74, 6) is 1.86. The molecule has 0 atom stereocenters. The molecule has 6 heteroatoms. The summed E-state index contributed by atoms with van der Waals surface area (Å²) in [6.45, 7) is 10.3. The Morgan fingerprint density at radius 1 is 0.914 bits per heavy atom. The quantitative estimate of drug-likeness (QED) is 0.284. The van der Waals surface area contributed by atoms with E-state index in [-0.39, 0.29) is 0 Å². The Kier molecular flexibility index (Phi) is 9.61. The Labute approximate surface area is 209 Å². The molecule has 0 radical (unpaired) electrons. The van der Waals surface area contributed by atoms with E-state index >= 15 is 0 Å². The van der Waals surface area contributed by atoms with Crippen molar-refractivity contribution in [1.29, 1.82) is 0 Å². The molecule has 2 heterocycles. The first-order valence-corrected chi connectivity index (χ1v) is 12.9. The molecule has 4 rings (SSSR count). The highest BCUT2D eigenvalue weighted by Crippen LogP contribution is 2.31. The van der Waals surface area contributed by atoms with Crippen LogP contribution in [0.2, 0.25) is 0 Å². The van der Waals surface area contributed by atoms with Crippen molar-refractivity contribution in [3.63, 3.8) is 0 Å². The zero-order valence-corrected chi connectivity index (χ0v) is 21.1. The predicted octanol–water partition coefficient (Wildman–Crippen LogP) is 5.93. The molecule has 0 unspecified atom stereocenters. The van der Waals surface area contributed by atoms with Gasteiger partial charge in [-0.05, 0) is 50.5 Å². The zero-order valence-electron chi connectivity index (χ0n) is 21.1. The van der Waals surface area contributed by atoms with Crippen molar-refractivity contribution >= 4 is 16.6 Å². The van der Waals surface area contributed by atoms with Crippen molar-refractivity contribution in [1.82, 2.24) is 4.98 Å². The first-order chi connectivity index (χ1) is 17.3. The average Bonchev–Trinajstić information content (AvgIpc) is 2.90. The van der Waals surface area contributed by atoms with Crippen LogP contribution in [0.25, 0.3) is 10.9 Å². The number of unbranched alkanes of at least 4 members (excludes halogenated alkanes) is 2. The van der Waals surface area contributed by atoms with Gasteiger partial charge in [0.2, 0.25) is 0 Å². The van der Waals surface area contributed by atoms with Crippen LogP contribution in [0.4, 0.5) is 5.69 Å². The number of para-hydroxylation sites is 1. The molecule has 0 aliphatic carbocycles. The topological polar surface area (TPSA) is 53.0 Å². The summed E-state index contributed by atoms with van der Waals surface area (Å²) in [4.78, 5) is 7.18. The van der Waals surface area contributed by atoms with E-state index in [1.165, 1.54) is 5.69 Å². The second-order valence-corrected chi connectivity index (χ2v) is 8.94. The molecule has 6 nitrogen and oxygen atoms in total. The average molecular weight is 479 g/mol. The van der Waals surface area contributed by atoms with E-state index in [1.54, 1.807) is 0 Å². The van der Waals surface area contributed by atoms with E-state index < -0.39 is 0 Å². The fourth-order valence-electron chi connectivity index (χ4n) is 4.23. The van der Waals surface area contributed by atoms with Gasteiger partial charge in [0, 0.05) is 42.4 Å². The molecule has 0 N–H and O–H groups in total. The molecule has 3 aromatic rings. The third-order valence-corrected chi connectivity index (χ3v) is 6.31. The SMILES string of the molecule is CCCCOc1c(C)c(COCCCCOc2cccc(N3CCOCC3)c2)nc2ccccc12. The zero-order chi connectivity index (χ0) is 24.3. The van der Waals surface area contributed by atoms with Gasteiger partial charge in [0.1, 0.15) is 11.5 Å². The maximum absolute atomic E-state index is 6.16. The lowest BCUT2D eigenvalue weighted by molar-refractivity contribution is 0.111. The Hall–Kier alpha value is -2.83. The fraction of sp³-hybridized carbons (Fsp3) is 0.483. The minimum atomic E-state index is 0.489. The van der Waals surface area contributed by atoms with Crippen molar-refractivity contribution in [3.05, 3.63) is 59.8 Å². The van der Waals surface area contributed by atoms with Crippen LogP contribution in [0.1, 0.15) is 43.9 Å². The van der Waals surface area contributed by atoms with Gasteiger partial charge in [-0.15, -0.1) is 0 Å². The smallest absolute Gasteiger partial charge is 0.133 e. The van der Waals surface area contributed by atoms with Crippen LogP contribution >= 0.6 is 0 Å². The van der Waals surface area contributed by atoms with Crippen LogP contribution in [0, 0.1) is 6.92 Å². The van der Waals surface area contributed by atoms with Crippen LogP contribution < -0.4 is 14.4 Å². The van der Waals surface area contributed by atoms with Gasteiger partial charge in [0.05, 0.1) is 44.2 Å². The number of fused-ring (bicyclic) bond motifs is 1. The van der Waals surface area contributed by atoms with Gasteiger partial charge >= 0.3 is 0 Å². The molecule has 1 fully saturated rings. The lowest BCUT2D eigenvalue weighted by Crippen LogP contribution is -2.36. The lowest BCUT2D eigenvalue weighted by atomic mass is 10.1. The second kappa shape index (κ2) is 13.3. The number of anilines is 1. The van der Waals surface area contributed by atoms with Crippen LogP contribution in [0.5, 0.6) is 11.5 Å². The van der Waals surface area contributed by atoms with E-state index in [4.69, 9.17) is 23.9 Å². The van der Waals surface area contributed by atoms with E-state index in [0.717, 1.165) is 92.3 Å². The number of nitrogens with zero attached hydrogens (tertiary/aromatic N) is 2. The van der Waals surface area contributed by atoms with Gasteiger partial charge in [0.15, 0.2) is 0 Å². The van der Waals surface area contributed by atoms with Crippen LogP contribution in [0.3, 0.4) is 0 Å². The summed E-state index contributed by atoms with van der Waals surface area (Å²) in [5, 5.41) is 1.07. The molecule has 188 valence electrons. The molecule has 0 bridgehead atoms. The molecule has 1 aliphatic rings.